The van der Waals surface area contributed by atoms with Gasteiger partial charge in [0.1, 0.15) is 0 Å². The Balaban J connectivity index is 2.58. The predicted octanol–water partition coefficient (Wildman–Crippen LogP) is 2.40. The SMILES string of the molecule is CC(C)c1cccc2c1C(=O)N(C)C2. The molecular formula is C12H15NO. The molecule has 74 valence electrons. The van der Waals surface area contributed by atoms with Gasteiger partial charge in [0, 0.05) is 19.2 Å². The van der Waals surface area contributed by atoms with E-state index >= 15 is 0 Å². The molecule has 0 saturated carbocycles. The van der Waals surface area contributed by atoms with Crippen molar-refractivity contribution >= 4 is 5.91 Å². The molecule has 1 aromatic rings. The molecule has 0 N–H and O–H groups in total. The van der Waals surface area contributed by atoms with E-state index < -0.39 is 0 Å². The average molecular weight is 189 g/mol. The fourth-order valence-corrected chi connectivity index (χ4v) is 2.01. The lowest BCUT2D eigenvalue weighted by molar-refractivity contribution is 0.0815. The van der Waals surface area contributed by atoms with Crippen molar-refractivity contribution in [1.82, 2.24) is 4.90 Å². The van der Waals surface area contributed by atoms with Crippen LogP contribution in [-0.4, -0.2) is 17.9 Å². The van der Waals surface area contributed by atoms with Crippen molar-refractivity contribution in [2.24, 2.45) is 0 Å². The zero-order valence-corrected chi connectivity index (χ0v) is 8.87. The number of rotatable bonds is 1. The number of carbonyl (C=O) groups is 1. The first-order valence-corrected chi connectivity index (χ1v) is 4.98. The van der Waals surface area contributed by atoms with Crippen LogP contribution in [0.2, 0.25) is 0 Å². The first-order chi connectivity index (χ1) is 6.61. The molecule has 2 rings (SSSR count). The first kappa shape index (κ1) is 9.25. The van der Waals surface area contributed by atoms with Crippen molar-refractivity contribution in [3.8, 4) is 0 Å². The minimum absolute atomic E-state index is 0.171. The molecule has 1 aliphatic heterocycles. The normalized spacial score (nSPS) is 15.1. The molecule has 0 spiro atoms. The van der Waals surface area contributed by atoms with Gasteiger partial charge in [-0.3, -0.25) is 4.79 Å². The number of benzene rings is 1. The Bertz CT molecular complexity index is 382. The maximum atomic E-state index is 11.8. The highest BCUT2D eigenvalue weighted by Crippen LogP contribution is 2.29. The van der Waals surface area contributed by atoms with Gasteiger partial charge >= 0.3 is 0 Å². The van der Waals surface area contributed by atoms with E-state index in [9.17, 15) is 4.79 Å². The number of fused-ring (bicyclic) bond motifs is 1. The van der Waals surface area contributed by atoms with Crippen LogP contribution in [0.4, 0.5) is 0 Å². The quantitative estimate of drug-likeness (QED) is 0.664. The van der Waals surface area contributed by atoms with E-state index in [1.807, 2.05) is 19.2 Å². The van der Waals surface area contributed by atoms with Crippen LogP contribution in [0.3, 0.4) is 0 Å². The molecule has 0 bridgehead atoms. The zero-order chi connectivity index (χ0) is 10.3. The summed E-state index contributed by atoms with van der Waals surface area (Å²) in [6.45, 7) is 5.01. The molecule has 1 heterocycles. The van der Waals surface area contributed by atoms with E-state index in [-0.39, 0.29) is 5.91 Å². The molecule has 0 aromatic heterocycles. The zero-order valence-electron chi connectivity index (χ0n) is 8.87. The van der Waals surface area contributed by atoms with Gasteiger partial charge in [0.15, 0.2) is 0 Å². The highest BCUT2D eigenvalue weighted by molar-refractivity contribution is 5.99. The highest BCUT2D eigenvalue weighted by Gasteiger charge is 2.27. The molecule has 0 fully saturated rings. The van der Waals surface area contributed by atoms with Crippen LogP contribution in [0.15, 0.2) is 18.2 Å². The van der Waals surface area contributed by atoms with E-state index in [0.717, 1.165) is 12.1 Å². The van der Waals surface area contributed by atoms with Crippen LogP contribution in [0.25, 0.3) is 0 Å². The fraction of sp³-hybridized carbons (Fsp3) is 0.417. The Hall–Kier alpha value is -1.31. The maximum Gasteiger partial charge on any atom is 0.254 e. The molecule has 0 unspecified atom stereocenters. The molecule has 0 radical (unpaired) electrons. The Morgan fingerprint density at radius 3 is 2.71 bits per heavy atom. The minimum atomic E-state index is 0.171. The third-order valence-electron chi connectivity index (χ3n) is 2.77. The van der Waals surface area contributed by atoms with Crippen LogP contribution in [-0.2, 0) is 6.54 Å². The number of carbonyl (C=O) groups excluding carboxylic acids is 1. The number of amides is 1. The van der Waals surface area contributed by atoms with Gasteiger partial charge in [0.05, 0.1) is 0 Å². The summed E-state index contributed by atoms with van der Waals surface area (Å²) in [7, 11) is 1.85. The summed E-state index contributed by atoms with van der Waals surface area (Å²) >= 11 is 0. The second-order valence-electron chi connectivity index (χ2n) is 4.20. The second-order valence-corrected chi connectivity index (χ2v) is 4.20. The second kappa shape index (κ2) is 3.12. The van der Waals surface area contributed by atoms with E-state index in [0.29, 0.717) is 5.92 Å². The van der Waals surface area contributed by atoms with Gasteiger partial charge in [0.2, 0.25) is 0 Å². The topological polar surface area (TPSA) is 20.3 Å². The smallest absolute Gasteiger partial charge is 0.254 e. The molecule has 1 aliphatic rings. The summed E-state index contributed by atoms with van der Waals surface area (Å²) in [5.74, 6) is 0.588. The van der Waals surface area contributed by atoms with Crippen LogP contribution in [0.5, 0.6) is 0 Å². The summed E-state index contributed by atoms with van der Waals surface area (Å²) in [6, 6.07) is 6.14. The molecule has 0 atom stereocenters. The van der Waals surface area contributed by atoms with Crippen LogP contribution in [0.1, 0.15) is 41.3 Å². The van der Waals surface area contributed by atoms with E-state index in [1.165, 1.54) is 11.1 Å². The lowest BCUT2D eigenvalue weighted by atomic mass is 9.95. The summed E-state index contributed by atoms with van der Waals surface area (Å²) in [4.78, 5) is 13.6. The van der Waals surface area contributed by atoms with Gasteiger partial charge in [-0.05, 0) is 17.0 Å². The van der Waals surface area contributed by atoms with Crippen LogP contribution < -0.4 is 0 Å². The van der Waals surface area contributed by atoms with E-state index in [2.05, 4.69) is 19.9 Å². The fourth-order valence-electron chi connectivity index (χ4n) is 2.01. The van der Waals surface area contributed by atoms with Crippen molar-refractivity contribution in [3.05, 3.63) is 34.9 Å². The molecule has 1 amide bonds. The highest BCUT2D eigenvalue weighted by atomic mass is 16.2. The molecule has 1 aromatic carbocycles. The standard InChI is InChI=1S/C12H15NO/c1-8(2)10-6-4-5-9-7-13(3)12(14)11(9)10/h4-6,8H,7H2,1-3H3. The molecule has 14 heavy (non-hydrogen) atoms. The third kappa shape index (κ3) is 1.22. The largest absolute Gasteiger partial charge is 0.337 e. The van der Waals surface area contributed by atoms with Crippen molar-refractivity contribution in [2.75, 3.05) is 7.05 Å². The Labute approximate surface area is 84.5 Å². The Morgan fingerprint density at radius 1 is 1.36 bits per heavy atom. The summed E-state index contributed by atoms with van der Waals surface area (Å²) in [5.41, 5.74) is 3.28. The van der Waals surface area contributed by atoms with Crippen LogP contribution >= 0.6 is 0 Å². The van der Waals surface area contributed by atoms with Gasteiger partial charge in [-0.2, -0.15) is 0 Å². The first-order valence-electron chi connectivity index (χ1n) is 4.98. The molecular weight excluding hydrogens is 174 g/mol. The molecule has 0 saturated heterocycles. The Morgan fingerprint density at radius 2 is 2.07 bits per heavy atom. The summed E-state index contributed by atoms with van der Waals surface area (Å²) < 4.78 is 0. The number of hydrogen-bond donors (Lipinski definition) is 0. The average Bonchev–Trinajstić information content (AvgIpc) is 2.43. The van der Waals surface area contributed by atoms with Gasteiger partial charge in [0.25, 0.3) is 5.91 Å². The maximum absolute atomic E-state index is 11.8. The van der Waals surface area contributed by atoms with Gasteiger partial charge in [-0.1, -0.05) is 32.0 Å². The van der Waals surface area contributed by atoms with Gasteiger partial charge < -0.3 is 4.90 Å². The van der Waals surface area contributed by atoms with Gasteiger partial charge in [-0.25, -0.2) is 0 Å². The monoisotopic (exact) mass is 189 g/mol. The molecule has 2 heteroatoms. The molecule has 0 aliphatic carbocycles. The van der Waals surface area contributed by atoms with Gasteiger partial charge in [-0.15, -0.1) is 0 Å². The van der Waals surface area contributed by atoms with Crippen LogP contribution in [0, 0.1) is 0 Å². The minimum Gasteiger partial charge on any atom is -0.337 e. The summed E-state index contributed by atoms with van der Waals surface area (Å²) in [5, 5.41) is 0. The Kier molecular flexibility index (Phi) is 2.06. The van der Waals surface area contributed by atoms with E-state index in [1.54, 1.807) is 4.90 Å². The number of nitrogens with zero attached hydrogens (tertiary/aromatic N) is 1. The lowest BCUT2D eigenvalue weighted by Crippen LogP contribution is -2.18. The lowest BCUT2D eigenvalue weighted by Gasteiger charge is -2.10. The van der Waals surface area contributed by atoms with Crippen molar-refractivity contribution < 1.29 is 4.79 Å². The summed E-state index contributed by atoms with van der Waals surface area (Å²) in [6.07, 6.45) is 0. The number of hydrogen-bond acceptors (Lipinski definition) is 1. The van der Waals surface area contributed by atoms with Crippen molar-refractivity contribution in [3.63, 3.8) is 0 Å². The van der Waals surface area contributed by atoms with Crippen molar-refractivity contribution in [2.45, 2.75) is 26.3 Å². The van der Waals surface area contributed by atoms with Crippen molar-refractivity contribution in [1.29, 1.82) is 0 Å². The predicted molar refractivity (Wildman–Crippen MR) is 56.3 cm³/mol. The third-order valence-corrected chi connectivity index (χ3v) is 2.77. The van der Waals surface area contributed by atoms with E-state index in [4.69, 9.17) is 0 Å². The molecule has 2 nitrogen and oxygen atoms in total.